The minimum Gasteiger partial charge on any atom is -0.495 e. The van der Waals surface area contributed by atoms with Crippen LogP contribution >= 0.6 is 0 Å². The second-order valence-corrected chi connectivity index (χ2v) is 6.32. The molecule has 3 heterocycles. The smallest absolute Gasteiger partial charge is 0.404 e. The highest BCUT2D eigenvalue weighted by Gasteiger charge is 2.28. The van der Waals surface area contributed by atoms with Gasteiger partial charge in [0.1, 0.15) is 5.75 Å². The molecule has 3 N–H and O–H groups in total. The van der Waals surface area contributed by atoms with Crippen LogP contribution in [-0.2, 0) is 6.54 Å². The maximum atomic E-state index is 12.3. The van der Waals surface area contributed by atoms with Crippen molar-refractivity contribution in [3.63, 3.8) is 0 Å². The molecule has 2 aromatic rings. The number of nitrogens with one attached hydrogen (secondary N) is 1. The maximum Gasteiger partial charge on any atom is 0.404 e. The molecular formula is C17H22N4O5. The molecule has 140 valence electrons. The minimum absolute atomic E-state index is 0.129. The summed E-state index contributed by atoms with van der Waals surface area (Å²) in [5, 5.41) is 21.2. The summed E-state index contributed by atoms with van der Waals surface area (Å²) < 4.78 is 6.83. The number of nitrogens with zero attached hydrogens (tertiary/aromatic N) is 3. The number of amides is 1. The Labute approximate surface area is 149 Å². The number of pyridine rings is 2. The van der Waals surface area contributed by atoms with E-state index >= 15 is 0 Å². The highest BCUT2D eigenvalue weighted by atomic mass is 16.5. The lowest BCUT2D eigenvalue weighted by Gasteiger charge is -2.35. The first-order valence-electron chi connectivity index (χ1n) is 8.41. The van der Waals surface area contributed by atoms with E-state index in [1.54, 1.807) is 30.0 Å². The van der Waals surface area contributed by atoms with Crippen molar-refractivity contribution in [1.82, 2.24) is 19.8 Å². The molecule has 0 aromatic carbocycles. The molecule has 0 unspecified atom stereocenters. The molecule has 1 fully saturated rings. The molecule has 9 nitrogen and oxygen atoms in total. The molecule has 1 aliphatic heterocycles. The predicted molar refractivity (Wildman–Crippen MR) is 94.6 cm³/mol. The van der Waals surface area contributed by atoms with Crippen molar-refractivity contribution in [3.05, 3.63) is 34.7 Å². The summed E-state index contributed by atoms with van der Waals surface area (Å²) in [6, 6.07) is 4.49. The molecule has 0 bridgehead atoms. The Hall–Kier alpha value is -2.65. The Morgan fingerprint density at radius 2 is 2.23 bits per heavy atom. The summed E-state index contributed by atoms with van der Waals surface area (Å²) in [5.74, 6) is 0.577. The van der Waals surface area contributed by atoms with Crippen LogP contribution in [0.5, 0.6) is 5.75 Å². The fraction of sp³-hybridized carbons (Fsp3) is 0.471. The highest BCUT2D eigenvalue weighted by molar-refractivity contribution is 5.75. The van der Waals surface area contributed by atoms with Gasteiger partial charge in [-0.25, -0.2) is 4.79 Å². The number of likely N-dealkylation sites (tertiary alicyclic amines) is 1. The van der Waals surface area contributed by atoms with Gasteiger partial charge in [-0.1, -0.05) is 0 Å². The van der Waals surface area contributed by atoms with Crippen molar-refractivity contribution in [2.24, 2.45) is 0 Å². The van der Waals surface area contributed by atoms with E-state index in [4.69, 9.17) is 9.84 Å². The Morgan fingerprint density at radius 3 is 2.92 bits per heavy atom. The Balaban J connectivity index is 1.71. The fourth-order valence-corrected chi connectivity index (χ4v) is 3.26. The average molecular weight is 362 g/mol. The first kappa shape index (κ1) is 18.2. The lowest BCUT2D eigenvalue weighted by molar-refractivity contribution is 0.0394. The van der Waals surface area contributed by atoms with Crippen LogP contribution in [0, 0.1) is 0 Å². The SMILES string of the molecule is COc1cnc2ccc(=O)n(CCN3CC[C@@H](NC(=O)O)[C@@H](O)C3)c2c1. The van der Waals surface area contributed by atoms with Gasteiger partial charge in [-0.3, -0.25) is 14.7 Å². The fourth-order valence-electron chi connectivity index (χ4n) is 3.26. The van der Waals surface area contributed by atoms with Crippen LogP contribution in [0.15, 0.2) is 29.2 Å². The number of piperidine rings is 1. The number of β-amino-alcohol motifs (C(OH)–C–C–N with tert-alkyl or cyclic N) is 1. The van der Waals surface area contributed by atoms with Crippen molar-refractivity contribution in [1.29, 1.82) is 0 Å². The summed E-state index contributed by atoms with van der Waals surface area (Å²) in [6.07, 6.45) is 0.221. The molecule has 1 saturated heterocycles. The zero-order valence-corrected chi connectivity index (χ0v) is 14.5. The van der Waals surface area contributed by atoms with E-state index in [-0.39, 0.29) is 5.56 Å². The number of rotatable bonds is 5. The van der Waals surface area contributed by atoms with Crippen molar-refractivity contribution in [2.75, 3.05) is 26.7 Å². The summed E-state index contributed by atoms with van der Waals surface area (Å²) in [6.45, 7) is 2.00. The maximum absolute atomic E-state index is 12.3. The second kappa shape index (κ2) is 7.71. The standard InChI is InChI=1S/C17H22N4O5/c1-26-11-8-14-12(18-9-11)2-3-16(23)21(14)7-6-20-5-4-13(15(22)10-20)19-17(24)25/h2-3,8-9,13,15,19,22H,4-7,10H2,1H3,(H,24,25)/t13-,15+/m1/s1. The molecule has 0 radical (unpaired) electrons. The molecule has 2 aromatic heterocycles. The highest BCUT2D eigenvalue weighted by Crippen LogP contribution is 2.17. The Kier molecular flexibility index (Phi) is 5.38. The molecule has 0 saturated carbocycles. The third-order valence-corrected chi connectivity index (χ3v) is 4.66. The van der Waals surface area contributed by atoms with E-state index in [2.05, 4.69) is 10.3 Å². The molecule has 9 heteroatoms. The molecule has 1 amide bonds. The molecule has 1 aliphatic rings. The zero-order valence-electron chi connectivity index (χ0n) is 14.5. The van der Waals surface area contributed by atoms with Gasteiger partial charge >= 0.3 is 6.09 Å². The third-order valence-electron chi connectivity index (χ3n) is 4.66. The van der Waals surface area contributed by atoms with Gasteiger partial charge in [0, 0.05) is 38.3 Å². The number of hydrogen-bond donors (Lipinski definition) is 3. The molecule has 0 aliphatic carbocycles. The Morgan fingerprint density at radius 1 is 1.42 bits per heavy atom. The quantitative estimate of drug-likeness (QED) is 0.691. The van der Waals surface area contributed by atoms with Gasteiger partial charge in [0.25, 0.3) is 5.56 Å². The van der Waals surface area contributed by atoms with Gasteiger partial charge in [-0.05, 0) is 12.5 Å². The van der Waals surface area contributed by atoms with E-state index in [1.807, 2.05) is 4.90 Å². The monoisotopic (exact) mass is 362 g/mol. The van der Waals surface area contributed by atoms with E-state index in [0.29, 0.717) is 49.4 Å². The van der Waals surface area contributed by atoms with Crippen LogP contribution in [0.2, 0.25) is 0 Å². The van der Waals surface area contributed by atoms with Crippen LogP contribution in [-0.4, -0.2) is 69.6 Å². The summed E-state index contributed by atoms with van der Waals surface area (Å²) in [7, 11) is 1.55. The van der Waals surface area contributed by atoms with Crippen molar-refractivity contribution in [2.45, 2.75) is 25.1 Å². The van der Waals surface area contributed by atoms with Crippen molar-refractivity contribution < 1.29 is 19.7 Å². The van der Waals surface area contributed by atoms with Gasteiger partial charge in [0.05, 0.1) is 36.5 Å². The number of aliphatic hydroxyl groups excluding tert-OH is 1. The van der Waals surface area contributed by atoms with Crippen LogP contribution in [0.1, 0.15) is 6.42 Å². The van der Waals surface area contributed by atoms with Crippen LogP contribution in [0.3, 0.4) is 0 Å². The van der Waals surface area contributed by atoms with Crippen LogP contribution in [0.4, 0.5) is 4.79 Å². The number of carbonyl (C=O) groups is 1. The average Bonchev–Trinajstić information content (AvgIpc) is 2.62. The first-order valence-corrected chi connectivity index (χ1v) is 8.41. The summed E-state index contributed by atoms with van der Waals surface area (Å²) in [4.78, 5) is 29.3. The lowest BCUT2D eigenvalue weighted by Crippen LogP contribution is -2.54. The first-order chi connectivity index (χ1) is 12.5. The van der Waals surface area contributed by atoms with Gasteiger partial charge in [0.15, 0.2) is 0 Å². The zero-order chi connectivity index (χ0) is 18.7. The third kappa shape index (κ3) is 3.94. The molecule has 3 rings (SSSR count). The number of aliphatic hydroxyl groups is 1. The van der Waals surface area contributed by atoms with Crippen LogP contribution in [0.25, 0.3) is 11.0 Å². The van der Waals surface area contributed by atoms with E-state index in [9.17, 15) is 14.7 Å². The Bertz CT molecular complexity index is 853. The number of carboxylic acid groups (broad SMARTS) is 1. The molecular weight excluding hydrogens is 340 g/mol. The number of aromatic nitrogens is 2. The molecule has 26 heavy (non-hydrogen) atoms. The van der Waals surface area contributed by atoms with Gasteiger partial charge in [-0.2, -0.15) is 0 Å². The van der Waals surface area contributed by atoms with Crippen molar-refractivity contribution in [3.8, 4) is 5.75 Å². The normalized spacial score (nSPS) is 20.8. The van der Waals surface area contributed by atoms with E-state index < -0.39 is 18.2 Å². The minimum atomic E-state index is -1.13. The predicted octanol–water partition coefficient (Wildman–Crippen LogP) is 0.108. The van der Waals surface area contributed by atoms with Gasteiger partial charge in [-0.15, -0.1) is 0 Å². The summed E-state index contributed by atoms with van der Waals surface area (Å²) >= 11 is 0. The largest absolute Gasteiger partial charge is 0.495 e. The van der Waals surface area contributed by atoms with E-state index in [1.165, 1.54) is 6.07 Å². The number of ether oxygens (including phenoxy) is 1. The van der Waals surface area contributed by atoms with E-state index in [0.717, 1.165) is 0 Å². The number of methoxy groups -OCH3 is 1. The van der Waals surface area contributed by atoms with Gasteiger partial charge < -0.3 is 24.8 Å². The molecule has 2 atom stereocenters. The van der Waals surface area contributed by atoms with Gasteiger partial charge in [0.2, 0.25) is 0 Å². The number of hydrogen-bond acceptors (Lipinski definition) is 6. The second-order valence-electron chi connectivity index (χ2n) is 6.32. The van der Waals surface area contributed by atoms with Crippen LogP contribution < -0.4 is 15.6 Å². The topological polar surface area (TPSA) is 117 Å². The lowest BCUT2D eigenvalue weighted by atomic mass is 10.0. The van der Waals surface area contributed by atoms with Crippen molar-refractivity contribution >= 4 is 17.1 Å². The number of fused-ring (bicyclic) bond motifs is 1. The summed E-state index contributed by atoms with van der Waals surface area (Å²) in [5.41, 5.74) is 1.27. The molecule has 0 spiro atoms.